The molecule has 12 heavy (non-hydrogen) atoms. The number of anilines is 1. The highest BCUT2D eigenvalue weighted by Gasteiger charge is 2.05. The fraction of sp³-hybridized carbons (Fsp3) is 0.333. The molecule has 0 bridgehead atoms. The molecule has 4 nitrogen and oxygen atoms in total. The van der Waals surface area contributed by atoms with Gasteiger partial charge in [0.25, 0.3) is 0 Å². The molecule has 1 rings (SSSR count). The van der Waals surface area contributed by atoms with Gasteiger partial charge in [0.15, 0.2) is 0 Å². The molecule has 0 aliphatic rings. The van der Waals surface area contributed by atoms with Crippen molar-refractivity contribution in [3.8, 4) is 0 Å². The van der Waals surface area contributed by atoms with Crippen LogP contribution in [0.15, 0.2) is 15.8 Å². The van der Waals surface area contributed by atoms with Crippen molar-refractivity contribution in [2.24, 2.45) is 0 Å². The Morgan fingerprint density at radius 3 is 3.00 bits per heavy atom. The third kappa shape index (κ3) is 2.33. The molecule has 1 aromatic heterocycles. The molecule has 0 aliphatic carbocycles. The molecule has 0 radical (unpaired) electrons. The molecule has 0 saturated heterocycles. The maximum absolute atomic E-state index is 8.58. The molecule has 1 heterocycles. The van der Waals surface area contributed by atoms with Gasteiger partial charge in [0.05, 0.1) is 11.1 Å². The molecule has 0 spiro atoms. The van der Waals surface area contributed by atoms with Gasteiger partial charge in [0.2, 0.25) is 0 Å². The van der Waals surface area contributed by atoms with Crippen LogP contribution in [-0.2, 0) is 0 Å². The van der Waals surface area contributed by atoms with Crippen molar-refractivity contribution in [2.45, 2.75) is 5.03 Å². The molecule has 66 valence electrons. The van der Waals surface area contributed by atoms with E-state index in [0.29, 0.717) is 16.0 Å². The Morgan fingerprint density at radius 1 is 1.58 bits per heavy atom. The highest BCUT2D eigenvalue weighted by Crippen LogP contribution is 2.27. The Hall–Kier alpha value is -0.330. The van der Waals surface area contributed by atoms with Crippen LogP contribution in [0.2, 0.25) is 0 Å². The average molecular weight is 250 g/mol. The molecule has 0 unspecified atom stereocenters. The van der Waals surface area contributed by atoms with Crippen LogP contribution in [0.3, 0.4) is 0 Å². The first-order chi connectivity index (χ1) is 5.75. The number of thioether (sulfide) groups is 1. The lowest BCUT2D eigenvalue weighted by molar-refractivity contribution is 0.322. The molecule has 0 fully saturated rings. The number of hydrogen-bond donors (Lipinski definition) is 2. The lowest BCUT2D eigenvalue weighted by Crippen LogP contribution is -1.96. The zero-order chi connectivity index (χ0) is 8.97. The van der Waals surface area contributed by atoms with Crippen molar-refractivity contribution in [3.63, 3.8) is 0 Å². The van der Waals surface area contributed by atoms with Gasteiger partial charge < -0.3 is 10.8 Å². The van der Waals surface area contributed by atoms with Gasteiger partial charge in [-0.2, -0.15) is 0 Å². The highest BCUT2D eigenvalue weighted by molar-refractivity contribution is 9.10. The quantitative estimate of drug-likeness (QED) is 0.616. The second-order valence-electron chi connectivity index (χ2n) is 1.95. The minimum atomic E-state index is 0.126. The van der Waals surface area contributed by atoms with Crippen LogP contribution in [0.4, 0.5) is 5.82 Å². The summed E-state index contributed by atoms with van der Waals surface area (Å²) in [4.78, 5) is 7.78. The summed E-state index contributed by atoms with van der Waals surface area (Å²) in [6.07, 6.45) is 1.40. The normalized spacial score (nSPS) is 10.2. The number of aromatic nitrogens is 2. The van der Waals surface area contributed by atoms with Gasteiger partial charge in [-0.3, -0.25) is 0 Å². The van der Waals surface area contributed by atoms with E-state index in [-0.39, 0.29) is 6.61 Å². The van der Waals surface area contributed by atoms with Gasteiger partial charge in [0.1, 0.15) is 17.2 Å². The SMILES string of the molecule is Nc1ncnc(SCCO)c1Br. The monoisotopic (exact) mass is 249 g/mol. The van der Waals surface area contributed by atoms with E-state index in [1.54, 1.807) is 0 Å². The Balaban J connectivity index is 2.78. The molecule has 0 aliphatic heterocycles. The number of nitrogens with two attached hydrogens (primary N) is 1. The van der Waals surface area contributed by atoms with E-state index in [1.165, 1.54) is 18.1 Å². The van der Waals surface area contributed by atoms with Crippen LogP contribution >= 0.6 is 27.7 Å². The predicted octanol–water partition coefficient (Wildman–Crippen LogP) is 0.906. The van der Waals surface area contributed by atoms with Gasteiger partial charge in [-0.1, -0.05) is 0 Å². The Labute approximate surface area is 82.7 Å². The molecule has 6 heteroatoms. The van der Waals surface area contributed by atoms with Crippen molar-refractivity contribution >= 4 is 33.5 Å². The first-order valence-electron chi connectivity index (χ1n) is 3.25. The largest absolute Gasteiger partial charge is 0.396 e. The van der Waals surface area contributed by atoms with Gasteiger partial charge in [-0.15, -0.1) is 11.8 Å². The second kappa shape index (κ2) is 4.64. The van der Waals surface area contributed by atoms with Gasteiger partial charge in [-0.25, -0.2) is 9.97 Å². The highest BCUT2D eigenvalue weighted by atomic mass is 79.9. The number of rotatable bonds is 3. The Bertz CT molecular complexity index is 271. The van der Waals surface area contributed by atoms with E-state index in [9.17, 15) is 0 Å². The third-order valence-corrected chi connectivity index (χ3v) is 3.13. The summed E-state index contributed by atoms with van der Waals surface area (Å²) in [6, 6.07) is 0. The predicted molar refractivity (Wildman–Crippen MR) is 52.0 cm³/mol. The van der Waals surface area contributed by atoms with Crippen LogP contribution in [0.25, 0.3) is 0 Å². The summed E-state index contributed by atoms with van der Waals surface area (Å²) in [6.45, 7) is 0.126. The average Bonchev–Trinajstić information content (AvgIpc) is 2.08. The zero-order valence-corrected chi connectivity index (χ0v) is 8.60. The van der Waals surface area contributed by atoms with Gasteiger partial charge >= 0.3 is 0 Å². The number of aliphatic hydroxyl groups excluding tert-OH is 1. The fourth-order valence-corrected chi connectivity index (χ4v) is 1.80. The van der Waals surface area contributed by atoms with Crippen LogP contribution in [0.5, 0.6) is 0 Å². The van der Waals surface area contributed by atoms with Crippen molar-refractivity contribution in [1.29, 1.82) is 0 Å². The van der Waals surface area contributed by atoms with Gasteiger partial charge in [0, 0.05) is 5.75 Å². The second-order valence-corrected chi connectivity index (χ2v) is 3.83. The van der Waals surface area contributed by atoms with E-state index in [4.69, 9.17) is 10.8 Å². The molecule has 0 atom stereocenters. The van der Waals surface area contributed by atoms with Gasteiger partial charge in [-0.05, 0) is 15.9 Å². The summed E-state index contributed by atoms with van der Waals surface area (Å²) in [5.41, 5.74) is 5.52. The van der Waals surface area contributed by atoms with Crippen molar-refractivity contribution in [1.82, 2.24) is 9.97 Å². The summed E-state index contributed by atoms with van der Waals surface area (Å²) in [5, 5.41) is 9.34. The zero-order valence-electron chi connectivity index (χ0n) is 6.20. The smallest absolute Gasteiger partial charge is 0.142 e. The van der Waals surface area contributed by atoms with E-state index < -0.39 is 0 Å². The van der Waals surface area contributed by atoms with E-state index in [1.807, 2.05) is 0 Å². The van der Waals surface area contributed by atoms with Crippen molar-refractivity contribution in [2.75, 3.05) is 18.1 Å². The van der Waals surface area contributed by atoms with E-state index in [0.717, 1.165) is 5.03 Å². The molecular formula is C6H8BrN3OS. The maximum Gasteiger partial charge on any atom is 0.142 e. The summed E-state index contributed by atoms with van der Waals surface area (Å²) in [5.74, 6) is 1.03. The summed E-state index contributed by atoms with van der Waals surface area (Å²) in [7, 11) is 0. The summed E-state index contributed by atoms with van der Waals surface area (Å²) >= 11 is 4.69. The minimum absolute atomic E-state index is 0.126. The van der Waals surface area contributed by atoms with E-state index in [2.05, 4.69) is 25.9 Å². The Morgan fingerprint density at radius 2 is 2.33 bits per heavy atom. The number of nitrogens with zero attached hydrogens (tertiary/aromatic N) is 2. The fourth-order valence-electron chi connectivity index (χ4n) is 0.609. The van der Waals surface area contributed by atoms with Crippen molar-refractivity contribution in [3.05, 3.63) is 10.8 Å². The van der Waals surface area contributed by atoms with Crippen LogP contribution in [0.1, 0.15) is 0 Å². The van der Waals surface area contributed by atoms with E-state index >= 15 is 0 Å². The molecule has 0 aromatic carbocycles. The summed E-state index contributed by atoms with van der Waals surface area (Å²) < 4.78 is 0.698. The molecular weight excluding hydrogens is 242 g/mol. The maximum atomic E-state index is 8.58. The standard InChI is InChI=1S/C6H8BrN3OS/c7-4-5(8)9-3-10-6(4)12-2-1-11/h3,11H,1-2H2,(H2,8,9,10). The number of nitrogen functional groups attached to an aromatic ring is 1. The topological polar surface area (TPSA) is 72.0 Å². The lowest BCUT2D eigenvalue weighted by Gasteiger charge is -2.02. The third-order valence-electron chi connectivity index (χ3n) is 1.11. The number of halogens is 1. The first-order valence-corrected chi connectivity index (χ1v) is 5.03. The van der Waals surface area contributed by atoms with Crippen LogP contribution in [-0.4, -0.2) is 27.4 Å². The molecule has 0 amide bonds. The van der Waals surface area contributed by atoms with Crippen LogP contribution in [0, 0.1) is 0 Å². The molecule has 3 N–H and O–H groups in total. The lowest BCUT2D eigenvalue weighted by atomic mass is 10.6. The Kier molecular flexibility index (Phi) is 3.77. The molecule has 1 aromatic rings. The minimum Gasteiger partial charge on any atom is -0.396 e. The number of aliphatic hydroxyl groups is 1. The first kappa shape index (κ1) is 9.76. The van der Waals surface area contributed by atoms with Crippen molar-refractivity contribution < 1.29 is 5.11 Å². The van der Waals surface area contributed by atoms with Crippen LogP contribution < -0.4 is 5.73 Å². The number of hydrogen-bond acceptors (Lipinski definition) is 5. The molecule has 0 saturated carbocycles.